The van der Waals surface area contributed by atoms with Crippen molar-refractivity contribution < 1.29 is 34.8 Å². The van der Waals surface area contributed by atoms with Crippen LogP contribution in [0.25, 0.3) is 11.6 Å². The molecule has 2 amide bonds. The molecule has 5 rings (SSSR count). The van der Waals surface area contributed by atoms with Crippen molar-refractivity contribution in [1.82, 2.24) is 0 Å². The zero-order chi connectivity index (χ0) is 30.7. The maximum Gasteiger partial charge on any atom is 0.238 e. The van der Waals surface area contributed by atoms with E-state index in [-0.39, 0.29) is 31.1 Å². The highest BCUT2D eigenvalue weighted by Gasteiger charge is 2.55. The highest BCUT2D eigenvalue weighted by molar-refractivity contribution is 14.1. The van der Waals surface area contributed by atoms with Crippen LogP contribution in [0.3, 0.4) is 0 Å². The summed E-state index contributed by atoms with van der Waals surface area (Å²) in [6.07, 6.45) is 1.75. The number of carbonyl (C=O) groups is 2. The number of fused-ring (bicyclic) bond motifs is 1. The molecule has 0 radical (unpaired) electrons. The van der Waals surface area contributed by atoms with Crippen LogP contribution in [0.5, 0.6) is 11.5 Å². The number of methoxy groups -OCH3 is 1. The van der Waals surface area contributed by atoms with Crippen LogP contribution in [0.4, 0.5) is 5.69 Å². The second kappa shape index (κ2) is 13.4. The number of aliphatic hydroxyl groups is 3. The zero-order valence-electron chi connectivity index (χ0n) is 23.7. The fraction of sp³-hybridized carbons (Fsp3) is 0.294. The Morgan fingerprint density at radius 2 is 1.72 bits per heavy atom. The molecule has 3 aromatic carbocycles. The molecule has 1 aliphatic heterocycles. The summed E-state index contributed by atoms with van der Waals surface area (Å²) in [5.74, 6) is -2.67. The lowest BCUT2D eigenvalue weighted by Gasteiger charge is -2.36. The van der Waals surface area contributed by atoms with E-state index >= 15 is 0 Å². The van der Waals surface area contributed by atoms with Crippen LogP contribution in [-0.2, 0) is 9.59 Å². The number of carbonyl (C=O) groups excluding carboxylic acids is 2. The molecular weight excluding hydrogens is 661 g/mol. The second-order valence-electron chi connectivity index (χ2n) is 10.8. The van der Waals surface area contributed by atoms with E-state index in [1.165, 1.54) is 12.0 Å². The molecule has 0 saturated carbocycles. The summed E-state index contributed by atoms with van der Waals surface area (Å²) in [6, 6.07) is 22.0. The fourth-order valence-corrected chi connectivity index (χ4v) is 7.00. The number of anilines is 1. The number of allylic oxidation sites excluding steroid dienone is 1. The molecule has 43 heavy (non-hydrogen) atoms. The topological polar surface area (TPSA) is 128 Å². The van der Waals surface area contributed by atoms with Gasteiger partial charge in [-0.15, -0.1) is 0 Å². The Kier molecular flexibility index (Phi) is 9.65. The van der Waals surface area contributed by atoms with Crippen molar-refractivity contribution in [3.63, 3.8) is 0 Å². The van der Waals surface area contributed by atoms with E-state index in [4.69, 9.17) is 4.74 Å². The number of rotatable bonds is 10. The normalized spacial score (nSPS) is 21.3. The number of benzene rings is 3. The number of hydrogen-bond donors (Lipinski definition) is 4. The van der Waals surface area contributed by atoms with Crippen molar-refractivity contribution >= 4 is 51.7 Å². The minimum atomic E-state index is -1.06. The number of ether oxygens (including phenoxy) is 1. The van der Waals surface area contributed by atoms with E-state index in [0.29, 0.717) is 32.6 Å². The number of halogens is 1. The third-order valence-electron chi connectivity index (χ3n) is 8.39. The van der Waals surface area contributed by atoms with Crippen LogP contribution in [0, 0.1) is 21.3 Å². The average molecular weight is 696 g/mol. The number of nitrogens with zero attached hydrogens (tertiary/aromatic N) is 1. The molecule has 1 fully saturated rings. The van der Waals surface area contributed by atoms with Gasteiger partial charge < -0.3 is 25.2 Å². The van der Waals surface area contributed by atoms with Gasteiger partial charge in [-0.2, -0.15) is 0 Å². The molecule has 0 aromatic heterocycles. The number of para-hydroxylation sites is 1. The first kappa shape index (κ1) is 30.9. The number of imide groups is 1. The summed E-state index contributed by atoms with van der Waals surface area (Å²) >= 11 is 2.05. The van der Waals surface area contributed by atoms with Crippen molar-refractivity contribution in [3.8, 4) is 11.5 Å². The lowest BCUT2D eigenvalue weighted by molar-refractivity contribution is -0.123. The third-order valence-corrected chi connectivity index (χ3v) is 9.21. The van der Waals surface area contributed by atoms with Gasteiger partial charge in [-0.05, 0) is 94.0 Å². The number of amides is 2. The molecule has 0 spiro atoms. The molecule has 9 heteroatoms. The van der Waals surface area contributed by atoms with E-state index in [1.54, 1.807) is 36.4 Å². The van der Waals surface area contributed by atoms with E-state index in [0.717, 1.165) is 16.7 Å². The third kappa shape index (κ3) is 6.12. The summed E-state index contributed by atoms with van der Waals surface area (Å²) in [6.45, 7) is -0.822. The SMILES string of the molecule is COc1cc(/C=C(/CC[C@@H](O)C2=C(CO)C[C@H]3C(=O)N(c4ccccc4)C(=O)[C@H]3[C@H]2CO)c2ccccc2)cc(I)c1O. The Morgan fingerprint density at radius 3 is 2.35 bits per heavy atom. The Labute approximate surface area is 264 Å². The summed E-state index contributed by atoms with van der Waals surface area (Å²) < 4.78 is 5.97. The number of phenolic OH excluding ortho intramolecular Hbond substituents is 1. The van der Waals surface area contributed by atoms with Gasteiger partial charge in [0.15, 0.2) is 11.5 Å². The molecule has 0 bridgehead atoms. The first-order valence-electron chi connectivity index (χ1n) is 14.2. The maximum atomic E-state index is 13.6. The largest absolute Gasteiger partial charge is 0.504 e. The Bertz CT molecular complexity index is 1550. The van der Waals surface area contributed by atoms with E-state index in [9.17, 15) is 30.0 Å². The summed E-state index contributed by atoms with van der Waals surface area (Å²) in [4.78, 5) is 28.2. The van der Waals surface area contributed by atoms with Crippen LogP contribution in [0.1, 0.15) is 30.4 Å². The van der Waals surface area contributed by atoms with Crippen molar-refractivity contribution in [2.75, 3.05) is 25.2 Å². The number of phenols is 1. The van der Waals surface area contributed by atoms with E-state index in [1.807, 2.05) is 65.1 Å². The molecule has 2 aliphatic rings. The van der Waals surface area contributed by atoms with Crippen molar-refractivity contribution in [1.29, 1.82) is 0 Å². The van der Waals surface area contributed by atoms with E-state index in [2.05, 4.69) is 0 Å². The first-order valence-corrected chi connectivity index (χ1v) is 15.2. The highest BCUT2D eigenvalue weighted by Crippen LogP contribution is 2.47. The van der Waals surface area contributed by atoms with Gasteiger partial charge in [0.1, 0.15) is 0 Å². The van der Waals surface area contributed by atoms with Gasteiger partial charge in [0.2, 0.25) is 11.8 Å². The quantitative estimate of drug-likeness (QED) is 0.104. The van der Waals surface area contributed by atoms with Gasteiger partial charge in [-0.25, -0.2) is 0 Å². The molecule has 1 heterocycles. The van der Waals surface area contributed by atoms with Crippen molar-refractivity contribution in [3.05, 3.63) is 98.6 Å². The molecule has 224 valence electrons. The molecule has 4 N–H and O–H groups in total. The smallest absolute Gasteiger partial charge is 0.238 e. The van der Waals surface area contributed by atoms with Gasteiger partial charge >= 0.3 is 0 Å². The Hall–Kier alpha value is -3.51. The number of aromatic hydroxyl groups is 1. The predicted molar refractivity (Wildman–Crippen MR) is 172 cm³/mol. The summed E-state index contributed by atoms with van der Waals surface area (Å²) in [5, 5.41) is 42.7. The van der Waals surface area contributed by atoms with Crippen LogP contribution in [-0.4, -0.2) is 58.7 Å². The van der Waals surface area contributed by atoms with Crippen LogP contribution >= 0.6 is 22.6 Å². The predicted octanol–water partition coefficient (Wildman–Crippen LogP) is 4.79. The van der Waals surface area contributed by atoms with Gasteiger partial charge in [-0.1, -0.05) is 54.6 Å². The maximum absolute atomic E-state index is 13.6. The molecule has 1 saturated heterocycles. The molecule has 8 nitrogen and oxygen atoms in total. The van der Waals surface area contributed by atoms with Crippen LogP contribution in [0.2, 0.25) is 0 Å². The Balaban J connectivity index is 1.44. The Morgan fingerprint density at radius 1 is 1.05 bits per heavy atom. The molecule has 1 aliphatic carbocycles. The number of hydrogen-bond acceptors (Lipinski definition) is 7. The van der Waals surface area contributed by atoms with Gasteiger partial charge in [0, 0.05) is 5.92 Å². The number of aliphatic hydroxyl groups excluding tert-OH is 3. The first-order chi connectivity index (χ1) is 20.8. The van der Waals surface area contributed by atoms with Gasteiger partial charge in [0.05, 0.1) is 47.5 Å². The summed E-state index contributed by atoms with van der Waals surface area (Å²) in [5.41, 5.74) is 4.08. The van der Waals surface area contributed by atoms with Gasteiger partial charge in [0.25, 0.3) is 0 Å². The zero-order valence-corrected chi connectivity index (χ0v) is 25.8. The monoisotopic (exact) mass is 695 g/mol. The minimum Gasteiger partial charge on any atom is -0.504 e. The second-order valence-corrected chi connectivity index (χ2v) is 12.0. The standard InChI is InChI=1S/C34H34INO7/c1-43-29-16-20(15-27(35)32(29)40)14-22(21-8-4-2-5-9-21)12-13-28(39)30-23(18-37)17-25-31(26(30)19-38)34(42)36(33(25)41)24-10-6-3-7-11-24/h2-11,14-16,25-26,28,31,37-40H,12-13,17-19H2,1H3/b22-14-/t25-,26+,28-,31-/m1/s1. The fourth-order valence-electron chi connectivity index (χ4n) is 6.37. The lowest BCUT2D eigenvalue weighted by Crippen LogP contribution is -2.39. The van der Waals surface area contributed by atoms with Crippen LogP contribution < -0.4 is 9.64 Å². The van der Waals surface area contributed by atoms with Crippen molar-refractivity contribution in [2.45, 2.75) is 25.4 Å². The molecule has 4 atom stereocenters. The van der Waals surface area contributed by atoms with Gasteiger partial charge in [-0.3, -0.25) is 14.5 Å². The highest BCUT2D eigenvalue weighted by atomic mass is 127. The minimum absolute atomic E-state index is 0.0665. The lowest BCUT2D eigenvalue weighted by atomic mass is 9.68. The summed E-state index contributed by atoms with van der Waals surface area (Å²) in [7, 11) is 1.49. The molecular formula is C34H34INO7. The van der Waals surface area contributed by atoms with E-state index < -0.39 is 36.4 Å². The average Bonchev–Trinajstić information content (AvgIpc) is 3.29. The van der Waals surface area contributed by atoms with Crippen molar-refractivity contribution in [2.24, 2.45) is 17.8 Å². The molecule has 3 aromatic rings. The van der Waals surface area contributed by atoms with Crippen LogP contribution in [0.15, 0.2) is 83.9 Å². The molecule has 0 unspecified atom stereocenters.